The van der Waals surface area contributed by atoms with Gasteiger partial charge >= 0.3 is 5.79 Å². The fraction of sp³-hybridized carbons (Fsp3) is 0.308. The van der Waals surface area contributed by atoms with Crippen molar-refractivity contribution in [1.29, 1.82) is 0 Å². The molecule has 2 aliphatic heterocycles. The summed E-state index contributed by atoms with van der Waals surface area (Å²) in [6.45, 7) is 5.84. The van der Waals surface area contributed by atoms with Crippen LogP contribution < -0.4 is 14.4 Å². The molecule has 0 saturated carbocycles. The molecule has 30 heavy (non-hydrogen) atoms. The van der Waals surface area contributed by atoms with Gasteiger partial charge in [-0.15, -0.1) is 0 Å². The summed E-state index contributed by atoms with van der Waals surface area (Å²) in [7, 11) is 0. The number of nitrogens with zero attached hydrogens (tertiary/aromatic N) is 1. The predicted octanol–water partition coefficient (Wildman–Crippen LogP) is 6.11. The third-order valence-electron chi connectivity index (χ3n) is 6.08. The van der Waals surface area contributed by atoms with Crippen molar-refractivity contribution in [2.45, 2.75) is 38.9 Å². The summed E-state index contributed by atoms with van der Waals surface area (Å²) in [6.07, 6.45) is 3.38. The van der Waals surface area contributed by atoms with Crippen LogP contribution in [0.25, 0.3) is 0 Å². The maximum atomic E-state index is 15.0. The van der Waals surface area contributed by atoms with E-state index in [0.717, 1.165) is 48.2 Å². The van der Waals surface area contributed by atoms with E-state index in [4.69, 9.17) is 9.47 Å². The first-order chi connectivity index (χ1) is 14.5. The second-order valence-corrected chi connectivity index (χ2v) is 8.35. The molecule has 3 aromatic rings. The molecule has 0 N–H and O–H groups in total. The normalized spacial score (nSPS) is 17.2. The van der Waals surface area contributed by atoms with Crippen LogP contribution in [0.1, 0.15) is 41.5 Å². The number of hydrogen-bond acceptors (Lipinski definition) is 3. The molecule has 0 spiro atoms. The summed E-state index contributed by atoms with van der Waals surface area (Å²) in [5, 5.41) is 0. The average molecular weight is 403 g/mol. The Labute approximate surface area is 177 Å². The number of ether oxygens (including phenoxy) is 2. The van der Waals surface area contributed by atoms with Crippen molar-refractivity contribution in [3.8, 4) is 11.5 Å². The van der Waals surface area contributed by atoms with Gasteiger partial charge in [0, 0.05) is 36.3 Å². The Bertz CT molecular complexity index is 1010. The number of aryl methyl sites for hydroxylation is 2. The molecule has 2 heterocycles. The van der Waals surface area contributed by atoms with E-state index in [2.05, 4.69) is 4.90 Å². The Morgan fingerprint density at radius 3 is 1.77 bits per heavy atom. The van der Waals surface area contributed by atoms with Crippen LogP contribution in [0.3, 0.4) is 0 Å². The first-order valence-corrected chi connectivity index (χ1v) is 10.7. The number of rotatable bonds is 3. The Hall–Kier alpha value is -3.01. The first-order valence-electron chi connectivity index (χ1n) is 10.7. The quantitative estimate of drug-likeness (QED) is 0.527. The molecule has 1 fully saturated rings. The Kier molecular flexibility index (Phi) is 4.65. The molecular weight excluding hydrogens is 377 g/mol. The van der Waals surface area contributed by atoms with Crippen LogP contribution in [0, 0.1) is 19.7 Å². The molecule has 0 bridgehead atoms. The number of benzene rings is 3. The molecule has 2 aliphatic rings. The molecule has 154 valence electrons. The molecule has 3 nitrogen and oxygen atoms in total. The minimum Gasteiger partial charge on any atom is -0.440 e. The highest BCUT2D eigenvalue weighted by molar-refractivity contribution is 5.60. The molecule has 0 atom stereocenters. The number of fused-ring (bicyclic) bond motifs is 1. The summed E-state index contributed by atoms with van der Waals surface area (Å²) < 4.78 is 27.9. The summed E-state index contributed by atoms with van der Waals surface area (Å²) in [6, 6.07) is 19.5. The highest BCUT2D eigenvalue weighted by atomic mass is 19.1. The lowest BCUT2D eigenvalue weighted by Crippen LogP contribution is -2.36. The zero-order chi connectivity index (χ0) is 20.7. The van der Waals surface area contributed by atoms with E-state index in [1.165, 1.54) is 12.5 Å². The van der Waals surface area contributed by atoms with Crippen LogP contribution in [0.2, 0.25) is 0 Å². The molecule has 4 heteroatoms. The molecular formula is C26H26FNO2. The van der Waals surface area contributed by atoms with E-state index in [1.54, 1.807) is 6.07 Å². The van der Waals surface area contributed by atoms with Gasteiger partial charge in [0.2, 0.25) is 0 Å². The predicted molar refractivity (Wildman–Crippen MR) is 117 cm³/mol. The largest absolute Gasteiger partial charge is 0.440 e. The Balaban J connectivity index is 1.59. The number of anilines is 1. The third kappa shape index (κ3) is 3.20. The van der Waals surface area contributed by atoms with Gasteiger partial charge in [-0.05, 0) is 33.1 Å². The molecule has 3 aromatic carbocycles. The van der Waals surface area contributed by atoms with Crippen LogP contribution in [-0.4, -0.2) is 13.1 Å². The molecule has 1 saturated heterocycles. The lowest BCUT2D eigenvalue weighted by atomic mass is 9.95. The third-order valence-corrected chi connectivity index (χ3v) is 6.08. The van der Waals surface area contributed by atoms with E-state index >= 15 is 4.39 Å². The van der Waals surface area contributed by atoms with Crippen LogP contribution in [0.4, 0.5) is 10.1 Å². The van der Waals surface area contributed by atoms with Gasteiger partial charge in [0.05, 0.1) is 5.69 Å². The van der Waals surface area contributed by atoms with Crippen molar-refractivity contribution in [3.05, 3.63) is 88.7 Å². The second kappa shape index (κ2) is 7.35. The van der Waals surface area contributed by atoms with Gasteiger partial charge in [0.25, 0.3) is 0 Å². The van der Waals surface area contributed by atoms with Gasteiger partial charge in [-0.1, -0.05) is 59.7 Å². The second-order valence-electron chi connectivity index (χ2n) is 8.35. The lowest BCUT2D eigenvalue weighted by molar-refractivity contribution is -0.0459. The summed E-state index contributed by atoms with van der Waals surface area (Å²) in [5.41, 5.74) is 4.68. The van der Waals surface area contributed by atoms with Gasteiger partial charge in [0.1, 0.15) is 5.82 Å². The minimum atomic E-state index is -1.13. The van der Waals surface area contributed by atoms with E-state index in [9.17, 15) is 0 Å². The van der Waals surface area contributed by atoms with Crippen molar-refractivity contribution in [2.24, 2.45) is 0 Å². The molecule has 0 aliphatic carbocycles. The van der Waals surface area contributed by atoms with Gasteiger partial charge in [-0.25, -0.2) is 4.39 Å². The smallest absolute Gasteiger partial charge is 0.305 e. The highest BCUT2D eigenvalue weighted by Crippen LogP contribution is 2.49. The van der Waals surface area contributed by atoms with E-state index in [0.29, 0.717) is 17.2 Å². The number of hydrogen-bond donors (Lipinski definition) is 0. The van der Waals surface area contributed by atoms with Gasteiger partial charge < -0.3 is 14.4 Å². The van der Waals surface area contributed by atoms with E-state index in [-0.39, 0.29) is 5.82 Å². The van der Waals surface area contributed by atoms with Gasteiger partial charge in [-0.3, -0.25) is 0 Å². The Morgan fingerprint density at radius 1 is 0.733 bits per heavy atom. The van der Waals surface area contributed by atoms with Gasteiger partial charge in [0.15, 0.2) is 11.5 Å². The van der Waals surface area contributed by atoms with E-state index in [1.807, 2.05) is 62.4 Å². The molecule has 0 unspecified atom stereocenters. The molecule has 0 amide bonds. The summed E-state index contributed by atoms with van der Waals surface area (Å²) >= 11 is 0. The van der Waals surface area contributed by atoms with Crippen molar-refractivity contribution in [2.75, 3.05) is 18.0 Å². The maximum absolute atomic E-state index is 15.0. The number of halogens is 1. The summed E-state index contributed by atoms with van der Waals surface area (Å²) in [4.78, 5) is 2.11. The molecule has 0 aromatic heterocycles. The fourth-order valence-corrected chi connectivity index (χ4v) is 4.34. The SMILES string of the molecule is Cc1ccc(C2(c3ccc(C)cc3)Oc3cc(F)c(N4CCCCC4)cc3O2)cc1. The van der Waals surface area contributed by atoms with Crippen LogP contribution in [0.5, 0.6) is 11.5 Å². The van der Waals surface area contributed by atoms with Crippen molar-refractivity contribution >= 4 is 5.69 Å². The zero-order valence-electron chi connectivity index (χ0n) is 17.5. The lowest BCUT2D eigenvalue weighted by Gasteiger charge is -2.29. The fourth-order valence-electron chi connectivity index (χ4n) is 4.34. The van der Waals surface area contributed by atoms with Crippen molar-refractivity contribution in [1.82, 2.24) is 0 Å². The average Bonchev–Trinajstić information content (AvgIpc) is 3.14. The first kappa shape index (κ1) is 19.0. The van der Waals surface area contributed by atoms with Crippen LogP contribution in [-0.2, 0) is 5.79 Å². The number of piperidine rings is 1. The standard InChI is InChI=1S/C26H26FNO2/c1-18-6-10-20(11-7-18)26(21-12-8-19(2)9-13-21)29-24-16-22(27)23(17-25(24)30-26)28-14-4-3-5-15-28/h6-13,16-17H,3-5,14-15H2,1-2H3. The molecule has 5 rings (SSSR count). The van der Waals surface area contributed by atoms with Crippen molar-refractivity contribution < 1.29 is 13.9 Å². The van der Waals surface area contributed by atoms with E-state index < -0.39 is 5.79 Å². The Morgan fingerprint density at radius 2 is 1.23 bits per heavy atom. The maximum Gasteiger partial charge on any atom is 0.305 e. The van der Waals surface area contributed by atoms with Crippen LogP contribution >= 0.6 is 0 Å². The monoisotopic (exact) mass is 403 g/mol. The zero-order valence-corrected chi connectivity index (χ0v) is 17.5. The minimum absolute atomic E-state index is 0.261. The topological polar surface area (TPSA) is 21.7 Å². The summed E-state index contributed by atoms with van der Waals surface area (Å²) in [5.74, 6) is -0.369. The van der Waals surface area contributed by atoms with Crippen LogP contribution in [0.15, 0.2) is 60.7 Å². The van der Waals surface area contributed by atoms with Crippen molar-refractivity contribution in [3.63, 3.8) is 0 Å². The molecule has 0 radical (unpaired) electrons. The highest BCUT2D eigenvalue weighted by Gasteiger charge is 2.46. The van der Waals surface area contributed by atoms with Gasteiger partial charge in [-0.2, -0.15) is 0 Å².